The number of nitrogens with one attached hydrogen (secondary N) is 1. The highest BCUT2D eigenvalue weighted by Crippen LogP contribution is 2.17. The summed E-state index contributed by atoms with van der Waals surface area (Å²) in [6.45, 7) is 5.67. The number of benzene rings is 2. The predicted octanol–water partition coefficient (Wildman–Crippen LogP) is 3.77. The summed E-state index contributed by atoms with van der Waals surface area (Å²) < 4.78 is 11.0. The van der Waals surface area contributed by atoms with Crippen molar-refractivity contribution in [1.82, 2.24) is 5.32 Å². The first-order valence-corrected chi connectivity index (χ1v) is 7.27. The number of hydrogen-bond acceptors (Lipinski definition) is 3. The van der Waals surface area contributed by atoms with Crippen molar-refractivity contribution in [2.45, 2.75) is 33.0 Å². The van der Waals surface area contributed by atoms with E-state index >= 15 is 0 Å². The van der Waals surface area contributed by atoms with E-state index in [9.17, 15) is 0 Å². The molecule has 0 unspecified atom stereocenters. The third-order valence-electron chi connectivity index (χ3n) is 3.13. The van der Waals surface area contributed by atoms with Crippen LogP contribution in [0.2, 0.25) is 0 Å². The molecule has 0 radical (unpaired) electrons. The van der Waals surface area contributed by atoms with Crippen LogP contribution in [0.25, 0.3) is 0 Å². The minimum absolute atomic E-state index is 0.208. The molecule has 2 aromatic carbocycles. The summed E-state index contributed by atoms with van der Waals surface area (Å²) in [7, 11) is 1.70. The second kappa shape index (κ2) is 7.70. The van der Waals surface area contributed by atoms with Gasteiger partial charge >= 0.3 is 0 Å². The Labute approximate surface area is 126 Å². The van der Waals surface area contributed by atoms with Gasteiger partial charge in [0.05, 0.1) is 13.2 Å². The van der Waals surface area contributed by atoms with Gasteiger partial charge in [0.15, 0.2) is 0 Å². The van der Waals surface area contributed by atoms with Crippen LogP contribution in [0.15, 0.2) is 48.5 Å². The van der Waals surface area contributed by atoms with Crippen LogP contribution >= 0.6 is 0 Å². The Kier molecular flexibility index (Phi) is 5.64. The highest BCUT2D eigenvalue weighted by atomic mass is 16.5. The number of methoxy groups -OCH3 is 1. The first-order chi connectivity index (χ1) is 10.2. The van der Waals surface area contributed by atoms with Crippen LogP contribution in [-0.2, 0) is 13.1 Å². The quantitative estimate of drug-likeness (QED) is 0.840. The van der Waals surface area contributed by atoms with Crippen molar-refractivity contribution >= 4 is 0 Å². The van der Waals surface area contributed by atoms with E-state index in [4.69, 9.17) is 9.47 Å². The summed E-state index contributed by atoms with van der Waals surface area (Å²) >= 11 is 0. The molecule has 3 heteroatoms. The van der Waals surface area contributed by atoms with Crippen molar-refractivity contribution in [2.75, 3.05) is 7.11 Å². The van der Waals surface area contributed by atoms with Crippen LogP contribution in [0.3, 0.4) is 0 Å². The number of rotatable bonds is 7. The predicted molar refractivity (Wildman–Crippen MR) is 85.7 cm³/mol. The minimum Gasteiger partial charge on any atom is -0.496 e. The summed E-state index contributed by atoms with van der Waals surface area (Å²) in [5.74, 6) is 1.84. The topological polar surface area (TPSA) is 30.5 Å². The highest BCUT2D eigenvalue weighted by molar-refractivity contribution is 5.33. The Hall–Kier alpha value is -2.00. The van der Waals surface area contributed by atoms with Crippen molar-refractivity contribution in [3.05, 3.63) is 59.7 Å². The first kappa shape index (κ1) is 15.4. The summed E-state index contributed by atoms with van der Waals surface area (Å²) in [5.41, 5.74) is 2.40. The van der Waals surface area contributed by atoms with Gasteiger partial charge in [0, 0.05) is 18.7 Å². The van der Waals surface area contributed by atoms with Crippen molar-refractivity contribution in [1.29, 1.82) is 0 Å². The van der Waals surface area contributed by atoms with Gasteiger partial charge in [0.1, 0.15) is 11.5 Å². The number of para-hydroxylation sites is 1. The first-order valence-electron chi connectivity index (χ1n) is 7.27. The standard InChI is InChI=1S/C18H23NO2/c1-14(2)21-17-10-8-15(9-11-17)12-19-13-16-6-4-5-7-18(16)20-3/h4-11,14,19H,12-13H2,1-3H3. The fourth-order valence-electron chi connectivity index (χ4n) is 2.15. The third kappa shape index (κ3) is 4.80. The average Bonchev–Trinajstić information content (AvgIpc) is 2.49. The second-order valence-electron chi connectivity index (χ2n) is 5.23. The lowest BCUT2D eigenvalue weighted by atomic mass is 10.2. The molecule has 0 saturated carbocycles. The van der Waals surface area contributed by atoms with E-state index in [0.29, 0.717) is 0 Å². The van der Waals surface area contributed by atoms with Gasteiger partial charge in [-0.25, -0.2) is 0 Å². The molecule has 0 bridgehead atoms. The zero-order valence-electron chi connectivity index (χ0n) is 12.9. The van der Waals surface area contributed by atoms with Crippen LogP contribution in [-0.4, -0.2) is 13.2 Å². The molecule has 0 heterocycles. The summed E-state index contributed by atoms with van der Waals surface area (Å²) in [6.07, 6.45) is 0.208. The molecule has 2 rings (SSSR count). The molecular weight excluding hydrogens is 262 g/mol. The van der Waals surface area contributed by atoms with E-state index in [1.807, 2.05) is 44.2 Å². The zero-order valence-corrected chi connectivity index (χ0v) is 12.9. The minimum atomic E-state index is 0.208. The third-order valence-corrected chi connectivity index (χ3v) is 3.13. The SMILES string of the molecule is COc1ccccc1CNCc1ccc(OC(C)C)cc1. The molecule has 21 heavy (non-hydrogen) atoms. The molecule has 1 N–H and O–H groups in total. The smallest absolute Gasteiger partial charge is 0.123 e. The maximum absolute atomic E-state index is 5.64. The van der Waals surface area contributed by atoms with Crippen molar-refractivity contribution in [3.8, 4) is 11.5 Å². The van der Waals surface area contributed by atoms with Crippen molar-refractivity contribution < 1.29 is 9.47 Å². The van der Waals surface area contributed by atoms with Gasteiger partial charge in [0.25, 0.3) is 0 Å². The summed E-state index contributed by atoms with van der Waals surface area (Å²) in [4.78, 5) is 0. The number of hydrogen-bond donors (Lipinski definition) is 1. The molecule has 0 fully saturated rings. The Bertz CT molecular complexity index is 549. The monoisotopic (exact) mass is 285 g/mol. The number of ether oxygens (including phenoxy) is 2. The fraction of sp³-hybridized carbons (Fsp3) is 0.333. The molecule has 0 aromatic heterocycles. The molecule has 0 atom stereocenters. The molecule has 0 aliphatic carbocycles. The van der Waals surface area contributed by atoms with Gasteiger partial charge in [0.2, 0.25) is 0 Å². The van der Waals surface area contributed by atoms with E-state index in [-0.39, 0.29) is 6.10 Å². The fourth-order valence-corrected chi connectivity index (χ4v) is 2.15. The van der Waals surface area contributed by atoms with E-state index in [1.165, 1.54) is 11.1 Å². The summed E-state index contributed by atoms with van der Waals surface area (Å²) in [5, 5.41) is 3.43. The van der Waals surface area contributed by atoms with Crippen LogP contribution < -0.4 is 14.8 Å². The highest BCUT2D eigenvalue weighted by Gasteiger charge is 2.02. The normalized spacial score (nSPS) is 10.7. The van der Waals surface area contributed by atoms with Crippen molar-refractivity contribution in [3.63, 3.8) is 0 Å². The van der Waals surface area contributed by atoms with Gasteiger partial charge in [-0.1, -0.05) is 30.3 Å². The van der Waals surface area contributed by atoms with Gasteiger partial charge in [-0.2, -0.15) is 0 Å². The van der Waals surface area contributed by atoms with Crippen molar-refractivity contribution in [2.24, 2.45) is 0 Å². The van der Waals surface area contributed by atoms with Crippen LogP contribution in [0, 0.1) is 0 Å². The van der Waals surface area contributed by atoms with Gasteiger partial charge in [-0.3, -0.25) is 0 Å². The largest absolute Gasteiger partial charge is 0.496 e. The van der Waals surface area contributed by atoms with E-state index in [2.05, 4.69) is 23.5 Å². The lowest BCUT2D eigenvalue weighted by Gasteiger charge is -2.11. The molecule has 0 amide bonds. The van der Waals surface area contributed by atoms with E-state index in [0.717, 1.165) is 24.6 Å². The molecule has 2 aromatic rings. The van der Waals surface area contributed by atoms with Gasteiger partial charge in [-0.15, -0.1) is 0 Å². The van der Waals surface area contributed by atoms with Crippen LogP contribution in [0.1, 0.15) is 25.0 Å². The van der Waals surface area contributed by atoms with Crippen LogP contribution in [0.4, 0.5) is 0 Å². The Balaban J connectivity index is 1.86. The van der Waals surface area contributed by atoms with Crippen LogP contribution in [0.5, 0.6) is 11.5 Å². The molecule has 0 aliphatic heterocycles. The van der Waals surface area contributed by atoms with E-state index in [1.54, 1.807) is 7.11 Å². The van der Waals surface area contributed by atoms with E-state index < -0.39 is 0 Å². The Morgan fingerprint density at radius 1 is 0.952 bits per heavy atom. The molecule has 112 valence electrons. The Morgan fingerprint density at radius 2 is 1.67 bits per heavy atom. The molecule has 0 saturated heterocycles. The maximum Gasteiger partial charge on any atom is 0.123 e. The lowest BCUT2D eigenvalue weighted by Crippen LogP contribution is -2.13. The zero-order chi connectivity index (χ0) is 15.1. The molecule has 0 spiro atoms. The molecule has 3 nitrogen and oxygen atoms in total. The van der Waals surface area contributed by atoms with Gasteiger partial charge in [-0.05, 0) is 37.6 Å². The summed E-state index contributed by atoms with van der Waals surface area (Å²) in [6, 6.07) is 16.3. The average molecular weight is 285 g/mol. The second-order valence-corrected chi connectivity index (χ2v) is 5.23. The molecular formula is C18H23NO2. The maximum atomic E-state index is 5.64. The molecule has 0 aliphatic rings. The Morgan fingerprint density at radius 3 is 2.33 bits per heavy atom. The lowest BCUT2D eigenvalue weighted by molar-refractivity contribution is 0.242. The van der Waals surface area contributed by atoms with Gasteiger partial charge < -0.3 is 14.8 Å².